The monoisotopic (exact) mass is 218 g/mol. The molecule has 0 saturated heterocycles. The number of nitrogens with two attached hydrogens (primary N) is 1. The third-order valence-electron chi connectivity index (χ3n) is 1.37. The maximum Gasteiger partial charge on any atom is 0.383 e. The number of nitro groups is 1. The highest BCUT2D eigenvalue weighted by molar-refractivity contribution is 7.89. The van der Waals surface area contributed by atoms with E-state index in [0.717, 1.165) is 12.3 Å². The maximum absolute atomic E-state index is 11.1. The first-order chi connectivity index (χ1) is 6.49. The predicted octanol–water partition coefficient (Wildman–Crippen LogP) is -0.858. The van der Waals surface area contributed by atoms with Gasteiger partial charge in [0.2, 0.25) is 0 Å². The molecular formula is C5H6N4O4S. The van der Waals surface area contributed by atoms with Crippen LogP contribution in [-0.2, 0) is 10.0 Å². The van der Waals surface area contributed by atoms with Crippen LogP contribution < -0.4 is 10.7 Å². The Hall–Kier alpha value is -1.58. The zero-order chi connectivity index (χ0) is 10.8. The molecule has 0 aliphatic heterocycles. The zero-order valence-electron chi connectivity index (χ0n) is 6.75. The average Bonchev–Trinajstić information content (AvgIpc) is 2.18. The van der Waals surface area contributed by atoms with E-state index in [-0.39, 0.29) is 0 Å². The Kier molecular flexibility index (Phi) is 2.74. The van der Waals surface area contributed by atoms with E-state index >= 15 is 0 Å². The lowest BCUT2D eigenvalue weighted by molar-refractivity contribution is -0.392. The van der Waals surface area contributed by atoms with E-state index in [9.17, 15) is 18.5 Å². The fourth-order valence-corrected chi connectivity index (χ4v) is 1.54. The number of aromatic nitrogens is 1. The molecule has 1 aromatic heterocycles. The number of nitrogens with zero attached hydrogens (tertiary/aromatic N) is 2. The Morgan fingerprint density at radius 3 is 2.71 bits per heavy atom. The minimum atomic E-state index is -4.05. The SMILES string of the molecule is NNS(=O)(=O)c1cccnc1[N+](=O)[O-]. The van der Waals surface area contributed by atoms with E-state index in [1.807, 2.05) is 0 Å². The summed E-state index contributed by atoms with van der Waals surface area (Å²) in [5, 5.41) is 10.4. The predicted molar refractivity (Wildman–Crippen MR) is 45.4 cm³/mol. The van der Waals surface area contributed by atoms with Crippen molar-refractivity contribution in [2.45, 2.75) is 4.90 Å². The van der Waals surface area contributed by atoms with Gasteiger partial charge in [-0.15, -0.1) is 4.83 Å². The average molecular weight is 218 g/mol. The molecule has 0 unspecified atom stereocenters. The Morgan fingerprint density at radius 2 is 2.21 bits per heavy atom. The molecule has 9 heteroatoms. The van der Waals surface area contributed by atoms with Crippen LogP contribution in [0.1, 0.15) is 0 Å². The molecule has 0 aliphatic rings. The molecule has 0 aromatic carbocycles. The van der Waals surface area contributed by atoms with E-state index in [1.165, 1.54) is 10.9 Å². The molecule has 0 spiro atoms. The lowest BCUT2D eigenvalue weighted by Gasteiger charge is -2.01. The molecule has 3 N–H and O–H groups in total. The summed E-state index contributed by atoms with van der Waals surface area (Å²) in [6, 6.07) is 2.30. The van der Waals surface area contributed by atoms with E-state index in [0.29, 0.717) is 0 Å². The molecule has 0 saturated carbocycles. The topological polar surface area (TPSA) is 128 Å². The van der Waals surface area contributed by atoms with Crippen molar-refractivity contribution in [2.75, 3.05) is 0 Å². The second kappa shape index (κ2) is 3.65. The van der Waals surface area contributed by atoms with Crippen LogP contribution in [0.15, 0.2) is 23.2 Å². The third kappa shape index (κ3) is 1.84. The smallest absolute Gasteiger partial charge is 0.358 e. The van der Waals surface area contributed by atoms with Crippen molar-refractivity contribution >= 4 is 15.8 Å². The fraction of sp³-hybridized carbons (Fsp3) is 0. The van der Waals surface area contributed by atoms with Gasteiger partial charge in [-0.2, -0.15) is 0 Å². The molecule has 0 amide bonds. The standard InChI is InChI=1S/C5H6N4O4S/c6-8-14(12,13)4-2-1-3-7-5(4)9(10)11/h1-3,8H,6H2. The third-order valence-corrected chi connectivity index (χ3v) is 2.58. The van der Waals surface area contributed by atoms with Gasteiger partial charge in [0.15, 0.2) is 4.90 Å². The van der Waals surface area contributed by atoms with Crippen molar-refractivity contribution in [2.24, 2.45) is 5.84 Å². The van der Waals surface area contributed by atoms with Gasteiger partial charge >= 0.3 is 5.82 Å². The van der Waals surface area contributed by atoms with Crippen LogP contribution in [0.4, 0.5) is 5.82 Å². The lowest BCUT2D eigenvalue weighted by Crippen LogP contribution is -2.30. The van der Waals surface area contributed by atoms with Gasteiger partial charge in [-0.05, 0) is 22.0 Å². The van der Waals surface area contributed by atoms with E-state index < -0.39 is 25.7 Å². The molecule has 0 fully saturated rings. The van der Waals surface area contributed by atoms with E-state index in [2.05, 4.69) is 4.98 Å². The Morgan fingerprint density at radius 1 is 1.57 bits per heavy atom. The van der Waals surface area contributed by atoms with Crippen molar-refractivity contribution in [3.05, 3.63) is 28.4 Å². The van der Waals surface area contributed by atoms with Gasteiger partial charge < -0.3 is 10.1 Å². The van der Waals surface area contributed by atoms with Crippen LogP contribution in [-0.4, -0.2) is 18.3 Å². The van der Waals surface area contributed by atoms with Crippen molar-refractivity contribution in [3.8, 4) is 0 Å². The number of sulfonamides is 1. The van der Waals surface area contributed by atoms with Crippen LogP contribution in [0.2, 0.25) is 0 Å². The Balaban J connectivity index is 3.42. The van der Waals surface area contributed by atoms with Gasteiger partial charge in [-0.3, -0.25) is 5.84 Å². The summed E-state index contributed by atoms with van der Waals surface area (Å²) >= 11 is 0. The number of rotatable bonds is 3. The summed E-state index contributed by atoms with van der Waals surface area (Å²) in [4.78, 5) is 13.7. The molecular weight excluding hydrogens is 212 g/mol. The van der Waals surface area contributed by atoms with Gasteiger partial charge in [-0.25, -0.2) is 8.42 Å². The Bertz CT molecular complexity index is 457. The molecule has 14 heavy (non-hydrogen) atoms. The van der Waals surface area contributed by atoms with Crippen LogP contribution in [0.5, 0.6) is 0 Å². The van der Waals surface area contributed by atoms with Gasteiger partial charge in [0.05, 0.1) is 0 Å². The maximum atomic E-state index is 11.1. The summed E-state index contributed by atoms with van der Waals surface area (Å²) in [7, 11) is -4.05. The summed E-state index contributed by atoms with van der Waals surface area (Å²) in [6.07, 6.45) is 1.12. The molecule has 76 valence electrons. The molecule has 0 atom stereocenters. The Labute approximate surface area is 78.9 Å². The first kappa shape index (κ1) is 10.5. The molecule has 1 heterocycles. The van der Waals surface area contributed by atoms with Gasteiger partial charge in [-0.1, -0.05) is 0 Å². The number of hydrogen-bond acceptors (Lipinski definition) is 6. The first-order valence-electron chi connectivity index (χ1n) is 3.31. The first-order valence-corrected chi connectivity index (χ1v) is 4.79. The fourth-order valence-electron chi connectivity index (χ4n) is 0.793. The largest absolute Gasteiger partial charge is 0.383 e. The normalized spacial score (nSPS) is 11.2. The summed E-state index contributed by atoms with van der Waals surface area (Å²) in [5.41, 5.74) is 0. The van der Waals surface area contributed by atoms with Crippen LogP contribution in [0, 0.1) is 10.1 Å². The number of hydrogen-bond donors (Lipinski definition) is 2. The zero-order valence-corrected chi connectivity index (χ0v) is 7.56. The van der Waals surface area contributed by atoms with Gasteiger partial charge in [0.25, 0.3) is 10.0 Å². The summed E-state index contributed by atoms with van der Waals surface area (Å²) < 4.78 is 22.3. The van der Waals surface area contributed by atoms with Crippen molar-refractivity contribution in [1.29, 1.82) is 0 Å². The second-order valence-corrected chi connectivity index (χ2v) is 3.89. The molecule has 1 aromatic rings. The van der Waals surface area contributed by atoms with Crippen LogP contribution in [0.25, 0.3) is 0 Å². The number of pyridine rings is 1. The summed E-state index contributed by atoms with van der Waals surface area (Å²) in [6.45, 7) is 0. The molecule has 1 rings (SSSR count). The minimum Gasteiger partial charge on any atom is -0.358 e. The highest BCUT2D eigenvalue weighted by atomic mass is 32.2. The van der Waals surface area contributed by atoms with Gasteiger partial charge in [0, 0.05) is 0 Å². The van der Waals surface area contributed by atoms with E-state index in [1.54, 1.807) is 0 Å². The van der Waals surface area contributed by atoms with Crippen LogP contribution in [0.3, 0.4) is 0 Å². The van der Waals surface area contributed by atoms with Gasteiger partial charge in [0.1, 0.15) is 6.20 Å². The van der Waals surface area contributed by atoms with Crippen molar-refractivity contribution in [1.82, 2.24) is 9.82 Å². The van der Waals surface area contributed by atoms with Crippen LogP contribution >= 0.6 is 0 Å². The highest BCUT2D eigenvalue weighted by Gasteiger charge is 2.25. The molecule has 0 bridgehead atoms. The van der Waals surface area contributed by atoms with Crippen molar-refractivity contribution < 1.29 is 13.3 Å². The van der Waals surface area contributed by atoms with E-state index in [4.69, 9.17) is 5.84 Å². The molecule has 0 radical (unpaired) electrons. The quantitative estimate of drug-likeness (QED) is 0.386. The molecule has 8 nitrogen and oxygen atoms in total. The molecule has 0 aliphatic carbocycles. The van der Waals surface area contributed by atoms with Crippen molar-refractivity contribution in [3.63, 3.8) is 0 Å². The second-order valence-electron chi connectivity index (χ2n) is 2.20. The minimum absolute atomic E-state index is 0.562. The summed E-state index contributed by atoms with van der Waals surface area (Å²) in [5.74, 6) is 3.96. The number of hydrazine groups is 1. The number of nitrogens with one attached hydrogen (secondary N) is 1. The lowest BCUT2D eigenvalue weighted by atomic mass is 10.5. The highest BCUT2D eigenvalue weighted by Crippen LogP contribution is 2.18.